The number of carbonyl (C=O) groups excluding carboxylic acids is 1. The van der Waals surface area contributed by atoms with E-state index in [1.807, 2.05) is 20.8 Å². The summed E-state index contributed by atoms with van der Waals surface area (Å²) in [5.41, 5.74) is -0.814. The van der Waals surface area contributed by atoms with Crippen LogP contribution in [-0.2, 0) is 6.18 Å². The van der Waals surface area contributed by atoms with Crippen molar-refractivity contribution in [3.63, 3.8) is 0 Å². The zero-order valence-electron chi connectivity index (χ0n) is 11.5. The molecular weight excluding hydrogens is 269 g/mol. The smallest absolute Gasteiger partial charge is 0.315 e. The van der Waals surface area contributed by atoms with Crippen LogP contribution in [0, 0.1) is 5.41 Å². The van der Waals surface area contributed by atoms with E-state index >= 15 is 0 Å². The van der Waals surface area contributed by atoms with E-state index in [9.17, 15) is 18.0 Å². The Morgan fingerprint density at radius 3 is 2.40 bits per heavy atom. The molecule has 0 unspecified atom stereocenters. The Hall–Kier alpha value is -1.98. The van der Waals surface area contributed by atoms with Crippen molar-refractivity contribution in [3.05, 3.63) is 42.1 Å². The molecule has 0 radical (unpaired) electrons. The summed E-state index contributed by atoms with van der Waals surface area (Å²) in [6.07, 6.45) is -1.19. The molecule has 2 amide bonds. The lowest BCUT2D eigenvalue weighted by molar-refractivity contribution is -0.137. The van der Waals surface area contributed by atoms with Crippen molar-refractivity contribution in [3.8, 4) is 0 Å². The maximum Gasteiger partial charge on any atom is 0.416 e. The highest BCUT2D eigenvalue weighted by molar-refractivity contribution is 5.89. The SMILES string of the molecule is CC(C)(C)/C=C/NC(=O)Nc1cccc(C(F)(F)F)c1. The van der Waals surface area contributed by atoms with Gasteiger partial charge in [0.15, 0.2) is 0 Å². The first-order valence-corrected chi connectivity index (χ1v) is 6.00. The fraction of sp³-hybridized carbons (Fsp3) is 0.357. The van der Waals surface area contributed by atoms with Crippen molar-refractivity contribution in [2.45, 2.75) is 26.9 Å². The molecule has 1 aromatic carbocycles. The van der Waals surface area contributed by atoms with E-state index in [4.69, 9.17) is 0 Å². The normalized spacial score (nSPS) is 12.5. The predicted octanol–water partition coefficient (Wildman–Crippen LogP) is 4.39. The minimum Gasteiger partial charge on any atom is -0.315 e. The lowest BCUT2D eigenvalue weighted by atomic mass is 9.97. The van der Waals surface area contributed by atoms with Gasteiger partial charge in [0.2, 0.25) is 0 Å². The largest absolute Gasteiger partial charge is 0.416 e. The maximum absolute atomic E-state index is 12.5. The number of benzene rings is 1. The molecule has 0 heterocycles. The molecule has 110 valence electrons. The molecule has 0 saturated carbocycles. The van der Waals surface area contributed by atoms with E-state index < -0.39 is 17.8 Å². The Bertz CT molecular complexity index is 502. The van der Waals surface area contributed by atoms with E-state index in [0.29, 0.717) is 0 Å². The van der Waals surface area contributed by atoms with Crippen LogP contribution in [0.5, 0.6) is 0 Å². The number of nitrogens with one attached hydrogen (secondary N) is 2. The molecule has 0 aliphatic carbocycles. The summed E-state index contributed by atoms with van der Waals surface area (Å²) >= 11 is 0. The minimum absolute atomic E-state index is 0.0847. The van der Waals surface area contributed by atoms with Crippen LogP contribution in [0.2, 0.25) is 0 Å². The molecule has 1 aromatic rings. The Labute approximate surface area is 115 Å². The summed E-state index contributed by atoms with van der Waals surface area (Å²) in [6.45, 7) is 5.86. The summed E-state index contributed by atoms with van der Waals surface area (Å²) in [5, 5.41) is 4.77. The third kappa shape index (κ3) is 5.77. The molecule has 6 heteroatoms. The number of amides is 2. The van der Waals surface area contributed by atoms with Crippen molar-refractivity contribution < 1.29 is 18.0 Å². The molecule has 0 fully saturated rings. The third-order valence-corrected chi connectivity index (χ3v) is 2.25. The Morgan fingerprint density at radius 1 is 1.20 bits per heavy atom. The summed E-state index contributed by atoms with van der Waals surface area (Å²) in [5.74, 6) is 0. The summed E-state index contributed by atoms with van der Waals surface area (Å²) in [7, 11) is 0. The molecule has 2 N–H and O–H groups in total. The minimum atomic E-state index is -4.43. The first-order valence-electron chi connectivity index (χ1n) is 6.00. The second-order valence-corrected chi connectivity index (χ2v) is 5.38. The number of halogens is 3. The van der Waals surface area contributed by atoms with Crippen molar-refractivity contribution in [2.24, 2.45) is 5.41 Å². The van der Waals surface area contributed by atoms with E-state index in [1.165, 1.54) is 18.3 Å². The summed E-state index contributed by atoms with van der Waals surface area (Å²) in [4.78, 5) is 11.5. The highest BCUT2D eigenvalue weighted by atomic mass is 19.4. The van der Waals surface area contributed by atoms with Gasteiger partial charge >= 0.3 is 12.2 Å². The standard InChI is InChI=1S/C14H17F3N2O/c1-13(2,3)7-8-18-12(20)19-11-6-4-5-10(9-11)14(15,16)17/h4-9H,1-3H3,(H2,18,19,20)/b8-7+. The van der Waals surface area contributed by atoms with Crippen LogP contribution in [0.15, 0.2) is 36.5 Å². The number of alkyl halides is 3. The maximum atomic E-state index is 12.5. The van der Waals surface area contributed by atoms with Gasteiger partial charge in [-0.2, -0.15) is 13.2 Å². The number of anilines is 1. The van der Waals surface area contributed by atoms with Crippen LogP contribution < -0.4 is 10.6 Å². The second-order valence-electron chi connectivity index (χ2n) is 5.38. The van der Waals surface area contributed by atoms with Crippen LogP contribution in [0.1, 0.15) is 26.3 Å². The van der Waals surface area contributed by atoms with Gasteiger partial charge in [-0.25, -0.2) is 4.79 Å². The number of allylic oxidation sites excluding steroid dienone is 1. The Balaban J connectivity index is 2.65. The first kappa shape index (κ1) is 16.1. The molecule has 0 atom stereocenters. The van der Waals surface area contributed by atoms with E-state index in [-0.39, 0.29) is 11.1 Å². The monoisotopic (exact) mass is 286 g/mol. The van der Waals surface area contributed by atoms with E-state index in [0.717, 1.165) is 12.1 Å². The van der Waals surface area contributed by atoms with Crippen LogP contribution in [0.3, 0.4) is 0 Å². The zero-order chi connectivity index (χ0) is 15.4. The number of urea groups is 1. The van der Waals surface area contributed by atoms with E-state index in [1.54, 1.807) is 6.08 Å². The lowest BCUT2D eigenvalue weighted by Crippen LogP contribution is -2.24. The Kier molecular flexibility index (Phi) is 4.81. The second kappa shape index (κ2) is 5.98. The molecule has 0 saturated heterocycles. The Morgan fingerprint density at radius 2 is 1.85 bits per heavy atom. The molecule has 0 spiro atoms. The predicted molar refractivity (Wildman–Crippen MR) is 72.2 cm³/mol. The molecule has 0 bridgehead atoms. The topological polar surface area (TPSA) is 41.1 Å². The number of hydrogen-bond donors (Lipinski definition) is 2. The molecule has 0 aliphatic rings. The fourth-order valence-electron chi connectivity index (χ4n) is 1.31. The van der Waals surface area contributed by atoms with Crippen LogP contribution >= 0.6 is 0 Å². The highest BCUT2D eigenvalue weighted by Gasteiger charge is 2.30. The average molecular weight is 286 g/mol. The molecule has 20 heavy (non-hydrogen) atoms. The van der Waals surface area contributed by atoms with Gasteiger partial charge in [-0.1, -0.05) is 32.9 Å². The van der Waals surface area contributed by atoms with Gasteiger partial charge in [-0.15, -0.1) is 0 Å². The van der Waals surface area contributed by atoms with E-state index in [2.05, 4.69) is 10.6 Å². The molecule has 1 rings (SSSR count). The zero-order valence-corrected chi connectivity index (χ0v) is 11.5. The van der Waals surface area contributed by atoms with Crippen molar-refractivity contribution >= 4 is 11.7 Å². The third-order valence-electron chi connectivity index (χ3n) is 2.25. The van der Waals surface area contributed by atoms with Gasteiger partial charge in [-0.3, -0.25) is 0 Å². The number of hydrogen-bond acceptors (Lipinski definition) is 1. The lowest BCUT2D eigenvalue weighted by Gasteiger charge is -2.12. The molecule has 3 nitrogen and oxygen atoms in total. The fourth-order valence-corrected chi connectivity index (χ4v) is 1.31. The highest BCUT2D eigenvalue weighted by Crippen LogP contribution is 2.30. The van der Waals surface area contributed by atoms with Gasteiger partial charge < -0.3 is 10.6 Å². The average Bonchev–Trinajstić information content (AvgIpc) is 2.26. The quantitative estimate of drug-likeness (QED) is 0.832. The number of rotatable bonds is 2. The molecular formula is C14H17F3N2O. The van der Waals surface area contributed by atoms with Crippen molar-refractivity contribution in [1.82, 2.24) is 5.32 Å². The van der Waals surface area contributed by atoms with Crippen LogP contribution in [0.4, 0.5) is 23.7 Å². The van der Waals surface area contributed by atoms with Crippen molar-refractivity contribution in [1.29, 1.82) is 0 Å². The first-order chi connectivity index (χ1) is 9.08. The summed E-state index contributed by atoms with van der Waals surface area (Å²) in [6, 6.07) is 3.87. The van der Waals surface area contributed by atoms with Crippen molar-refractivity contribution in [2.75, 3.05) is 5.32 Å². The van der Waals surface area contributed by atoms with Gasteiger partial charge in [0.1, 0.15) is 0 Å². The number of carbonyl (C=O) groups is 1. The van der Waals surface area contributed by atoms with Crippen LogP contribution in [0.25, 0.3) is 0 Å². The van der Waals surface area contributed by atoms with Crippen LogP contribution in [-0.4, -0.2) is 6.03 Å². The van der Waals surface area contributed by atoms with Gasteiger partial charge in [0.25, 0.3) is 0 Å². The summed E-state index contributed by atoms with van der Waals surface area (Å²) < 4.78 is 37.5. The van der Waals surface area contributed by atoms with Gasteiger partial charge in [-0.05, 0) is 23.6 Å². The van der Waals surface area contributed by atoms with Gasteiger partial charge in [0.05, 0.1) is 5.56 Å². The molecule has 0 aliphatic heterocycles. The van der Waals surface area contributed by atoms with Gasteiger partial charge in [0, 0.05) is 11.9 Å². The molecule has 0 aromatic heterocycles.